The second kappa shape index (κ2) is 6.55. The molecule has 1 saturated carbocycles. The molecule has 20 heavy (non-hydrogen) atoms. The monoisotopic (exact) mass is 270 g/mol. The number of benzene rings is 1. The molecular weight excluding hydrogens is 244 g/mol. The Balaban J connectivity index is 1.57. The first-order valence-electron chi connectivity index (χ1n) is 7.99. The Hall–Kier alpha value is -1.12. The van der Waals surface area contributed by atoms with Gasteiger partial charge in [-0.1, -0.05) is 35.9 Å². The van der Waals surface area contributed by atoms with Crippen molar-refractivity contribution in [2.75, 3.05) is 19.6 Å². The molecule has 1 N–H and O–H groups in total. The van der Waals surface area contributed by atoms with Crippen molar-refractivity contribution in [3.63, 3.8) is 0 Å². The van der Waals surface area contributed by atoms with Crippen molar-refractivity contribution in [2.45, 2.75) is 45.2 Å². The third-order valence-electron chi connectivity index (χ3n) is 4.44. The summed E-state index contributed by atoms with van der Waals surface area (Å²) in [5.41, 5.74) is 4.58. The summed E-state index contributed by atoms with van der Waals surface area (Å²) >= 11 is 0. The zero-order valence-corrected chi connectivity index (χ0v) is 12.6. The zero-order valence-electron chi connectivity index (χ0n) is 12.6. The second-order valence-corrected chi connectivity index (χ2v) is 6.28. The molecule has 1 aliphatic heterocycles. The van der Waals surface area contributed by atoms with Gasteiger partial charge in [0.05, 0.1) is 0 Å². The normalized spacial score (nSPS) is 19.9. The van der Waals surface area contributed by atoms with Gasteiger partial charge in [0.25, 0.3) is 0 Å². The summed E-state index contributed by atoms with van der Waals surface area (Å²) < 4.78 is 0. The Morgan fingerprint density at radius 2 is 2.00 bits per heavy atom. The highest BCUT2D eigenvalue weighted by Crippen LogP contribution is 2.19. The van der Waals surface area contributed by atoms with Crippen LogP contribution in [0.15, 0.2) is 35.9 Å². The molecule has 3 rings (SSSR count). The molecule has 0 radical (unpaired) electrons. The van der Waals surface area contributed by atoms with Gasteiger partial charge in [0.2, 0.25) is 0 Å². The largest absolute Gasteiger partial charge is 0.314 e. The molecule has 2 nitrogen and oxygen atoms in total. The van der Waals surface area contributed by atoms with E-state index in [1.807, 2.05) is 0 Å². The number of nitrogens with zero attached hydrogens (tertiary/aromatic N) is 1. The SMILES string of the molecule is CC1=CCN(Cc2ccccc2CCNC2CC2)CC1. The van der Waals surface area contributed by atoms with Crippen molar-refractivity contribution >= 4 is 0 Å². The predicted molar refractivity (Wildman–Crippen MR) is 84.8 cm³/mol. The minimum Gasteiger partial charge on any atom is -0.314 e. The van der Waals surface area contributed by atoms with Crippen LogP contribution in [0.3, 0.4) is 0 Å². The molecule has 0 bridgehead atoms. The van der Waals surface area contributed by atoms with E-state index in [-0.39, 0.29) is 0 Å². The molecular formula is C18H26N2. The lowest BCUT2D eigenvalue weighted by Gasteiger charge is -2.26. The summed E-state index contributed by atoms with van der Waals surface area (Å²) in [4.78, 5) is 2.56. The van der Waals surface area contributed by atoms with Gasteiger partial charge < -0.3 is 5.32 Å². The molecule has 0 amide bonds. The van der Waals surface area contributed by atoms with Gasteiger partial charge in [0.1, 0.15) is 0 Å². The molecule has 1 heterocycles. The second-order valence-electron chi connectivity index (χ2n) is 6.28. The fourth-order valence-electron chi connectivity index (χ4n) is 2.85. The minimum atomic E-state index is 0.817. The first-order chi connectivity index (χ1) is 9.81. The Morgan fingerprint density at radius 3 is 2.70 bits per heavy atom. The van der Waals surface area contributed by atoms with Gasteiger partial charge in [-0.2, -0.15) is 0 Å². The fraction of sp³-hybridized carbons (Fsp3) is 0.556. The summed E-state index contributed by atoms with van der Waals surface area (Å²) in [5.74, 6) is 0. The van der Waals surface area contributed by atoms with Crippen molar-refractivity contribution in [2.24, 2.45) is 0 Å². The van der Waals surface area contributed by atoms with E-state index >= 15 is 0 Å². The Labute approximate surface area is 122 Å². The van der Waals surface area contributed by atoms with Crippen LogP contribution in [-0.4, -0.2) is 30.6 Å². The highest BCUT2D eigenvalue weighted by atomic mass is 15.1. The van der Waals surface area contributed by atoms with Crippen molar-refractivity contribution in [1.82, 2.24) is 10.2 Å². The van der Waals surface area contributed by atoms with Gasteiger partial charge in [0.15, 0.2) is 0 Å². The van der Waals surface area contributed by atoms with E-state index in [4.69, 9.17) is 0 Å². The average Bonchev–Trinajstić information content (AvgIpc) is 3.27. The molecule has 0 unspecified atom stereocenters. The molecule has 1 fully saturated rings. The van der Waals surface area contributed by atoms with Crippen LogP contribution in [0.4, 0.5) is 0 Å². The topological polar surface area (TPSA) is 15.3 Å². The highest BCUT2D eigenvalue weighted by molar-refractivity contribution is 5.27. The van der Waals surface area contributed by atoms with Crippen LogP contribution in [0.1, 0.15) is 37.3 Å². The lowest BCUT2D eigenvalue weighted by molar-refractivity contribution is 0.285. The van der Waals surface area contributed by atoms with Crippen molar-refractivity contribution in [3.8, 4) is 0 Å². The van der Waals surface area contributed by atoms with Crippen LogP contribution in [0.25, 0.3) is 0 Å². The molecule has 1 aromatic rings. The van der Waals surface area contributed by atoms with Crippen LogP contribution in [0.2, 0.25) is 0 Å². The van der Waals surface area contributed by atoms with E-state index in [0.717, 1.165) is 32.1 Å². The van der Waals surface area contributed by atoms with Crippen molar-refractivity contribution in [3.05, 3.63) is 47.0 Å². The number of hydrogen-bond acceptors (Lipinski definition) is 2. The molecule has 0 atom stereocenters. The van der Waals surface area contributed by atoms with Gasteiger partial charge in [-0.25, -0.2) is 0 Å². The van der Waals surface area contributed by atoms with E-state index < -0.39 is 0 Å². The van der Waals surface area contributed by atoms with Crippen molar-refractivity contribution < 1.29 is 0 Å². The highest BCUT2D eigenvalue weighted by Gasteiger charge is 2.19. The molecule has 0 saturated heterocycles. The quantitative estimate of drug-likeness (QED) is 0.799. The van der Waals surface area contributed by atoms with Gasteiger partial charge in [0, 0.05) is 25.7 Å². The first kappa shape index (κ1) is 13.8. The summed E-state index contributed by atoms with van der Waals surface area (Å²) in [6.07, 6.45) is 7.52. The number of nitrogens with one attached hydrogen (secondary N) is 1. The lowest BCUT2D eigenvalue weighted by Crippen LogP contribution is -2.28. The molecule has 1 aliphatic carbocycles. The van der Waals surface area contributed by atoms with Gasteiger partial charge in [-0.3, -0.25) is 4.90 Å². The maximum absolute atomic E-state index is 3.62. The number of rotatable bonds is 6. The van der Waals surface area contributed by atoms with Crippen LogP contribution in [0.5, 0.6) is 0 Å². The molecule has 2 aliphatic rings. The molecule has 0 spiro atoms. The lowest BCUT2D eigenvalue weighted by atomic mass is 10.0. The Kier molecular flexibility index (Phi) is 4.54. The van der Waals surface area contributed by atoms with Crippen LogP contribution in [-0.2, 0) is 13.0 Å². The molecule has 1 aromatic carbocycles. The van der Waals surface area contributed by atoms with Crippen molar-refractivity contribution in [1.29, 1.82) is 0 Å². The van der Waals surface area contributed by atoms with E-state index in [9.17, 15) is 0 Å². The summed E-state index contributed by atoms with van der Waals surface area (Å²) in [5, 5.41) is 3.62. The van der Waals surface area contributed by atoms with Gasteiger partial charge in [-0.05, 0) is 50.3 Å². The third-order valence-corrected chi connectivity index (χ3v) is 4.44. The summed E-state index contributed by atoms with van der Waals surface area (Å²) in [6, 6.07) is 9.78. The standard InChI is InChI=1S/C18H26N2/c1-15-9-12-20(13-10-15)14-17-5-3-2-4-16(17)8-11-19-18-6-7-18/h2-5,9,18-19H,6-8,10-14H2,1H3. The minimum absolute atomic E-state index is 0.817. The Bertz CT molecular complexity index is 474. The van der Waals surface area contributed by atoms with E-state index in [1.54, 1.807) is 5.57 Å². The summed E-state index contributed by atoms with van der Waals surface area (Å²) in [7, 11) is 0. The maximum atomic E-state index is 3.62. The predicted octanol–water partition coefficient (Wildman–Crippen LogP) is 3.13. The number of hydrogen-bond donors (Lipinski definition) is 1. The average molecular weight is 270 g/mol. The van der Waals surface area contributed by atoms with E-state index in [0.29, 0.717) is 0 Å². The van der Waals surface area contributed by atoms with Crippen LogP contribution >= 0.6 is 0 Å². The smallest absolute Gasteiger partial charge is 0.0239 e. The third kappa shape index (κ3) is 3.94. The van der Waals surface area contributed by atoms with Gasteiger partial charge >= 0.3 is 0 Å². The maximum Gasteiger partial charge on any atom is 0.0239 e. The van der Waals surface area contributed by atoms with E-state index in [1.165, 1.54) is 36.9 Å². The zero-order chi connectivity index (χ0) is 13.8. The molecule has 2 heteroatoms. The first-order valence-corrected chi connectivity index (χ1v) is 7.99. The molecule has 108 valence electrons. The van der Waals surface area contributed by atoms with Crippen LogP contribution < -0.4 is 5.32 Å². The molecule has 0 aromatic heterocycles. The van der Waals surface area contributed by atoms with Gasteiger partial charge in [-0.15, -0.1) is 0 Å². The Morgan fingerprint density at radius 1 is 1.20 bits per heavy atom. The fourth-order valence-corrected chi connectivity index (χ4v) is 2.85. The van der Waals surface area contributed by atoms with E-state index in [2.05, 4.69) is 47.5 Å². The summed E-state index contributed by atoms with van der Waals surface area (Å²) in [6.45, 7) is 6.79. The van der Waals surface area contributed by atoms with Crippen LogP contribution in [0, 0.1) is 0 Å².